The minimum Gasteiger partial charge on any atom is -0.485 e. The number of hydrogen-bond acceptors (Lipinski definition) is 7. The van der Waals surface area contributed by atoms with Gasteiger partial charge in [-0.15, -0.1) is 0 Å². The van der Waals surface area contributed by atoms with Crippen molar-refractivity contribution >= 4 is 32.8 Å². The van der Waals surface area contributed by atoms with Crippen molar-refractivity contribution in [3.05, 3.63) is 123 Å². The number of nitrogens with one attached hydrogen (secondary N) is 2. The van der Waals surface area contributed by atoms with Crippen LogP contribution in [0.5, 0.6) is 5.75 Å². The maximum Gasteiger partial charge on any atom is 0.295 e. The highest BCUT2D eigenvalue weighted by Gasteiger charge is 2.27. The normalized spacial score (nSPS) is 15.7. The number of aryl methyl sites for hydroxylation is 2. The van der Waals surface area contributed by atoms with Gasteiger partial charge in [0, 0.05) is 18.1 Å². The van der Waals surface area contributed by atoms with Gasteiger partial charge in [-0.25, -0.2) is 8.42 Å². The summed E-state index contributed by atoms with van der Waals surface area (Å²) in [5.74, 6) is 0.659. The molecule has 0 bridgehead atoms. The fraction of sp³-hybridized carbons (Fsp3) is 0.138. The Labute approximate surface area is 226 Å². The maximum absolute atomic E-state index is 13.0. The summed E-state index contributed by atoms with van der Waals surface area (Å²) in [6, 6.07) is 26.2. The zero-order valence-corrected chi connectivity index (χ0v) is 22.1. The highest BCUT2D eigenvalue weighted by atomic mass is 32.2. The molecule has 10 heteroatoms. The molecule has 0 unspecified atom stereocenters. The SMILES string of the molecule is Cc1ccc(NS(=O)(=O)c2ccc(N/N=C3\C[C@@H](c4ccccc4)Oc4ccccc43)c([N+](=O)[O-])c2)c(C)c1. The average Bonchev–Trinajstić information content (AvgIpc) is 2.93. The molecule has 1 aliphatic rings. The van der Waals surface area contributed by atoms with Crippen LogP contribution in [0, 0.1) is 24.0 Å². The Morgan fingerprint density at radius 2 is 1.64 bits per heavy atom. The van der Waals surface area contributed by atoms with E-state index < -0.39 is 20.6 Å². The molecule has 0 aliphatic carbocycles. The molecule has 9 nitrogen and oxygen atoms in total. The molecular weight excluding hydrogens is 516 g/mol. The molecule has 0 amide bonds. The van der Waals surface area contributed by atoms with Gasteiger partial charge in [0.25, 0.3) is 15.7 Å². The third-order valence-electron chi connectivity index (χ3n) is 6.43. The van der Waals surface area contributed by atoms with E-state index in [1.165, 1.54) is 12.1 Å². The van der Waals surface area contributed by atoms with Crippen LogP contribution < -0.4 is 14.9 Å². The molecule has 2 N–H and O–H groups in total. The van der Waals surface area contributed by atoms with Crippen molar-refractivity contribution in [2.75, 3.05) is 10.1 Å². The van der Waals surface area contributed by atoms with Crippen molar-refractivity contribution in [3.63, 3.8) is 0 Å². The van der Waals surface area contributed by atoms with Crippen LogP contribution in [0.1, 0.15) is 34.8 Å². The van der Waals surface area contributed by atoms with Gasteiger partial charge in [0.1, 0.15) is 17.5 Å². The Morgan fingerprint density at radius 3 is 2.38 bits per heavy atom. The quantitative estimate of drug-likeness (QED) is 0.207. The van der Waals surface area contributed by atoms with E-state index in [1.807, 2.05) is 67.6 Å². The van der Waals surface area contributed by atoms with Crippen LogP contribution in [-0.4, -0.2) is 19.1 Å². The Morgan fingerprint density at radius 1 is 0.923 bits per heavy atom. The summed E-state index contributed by atoms with van der Waals surface area (Å²) < 4.78 is 34.8. The van der Waals surface area contributed by atoms with Crippen molar-refractivity contribution in [1.29, 1.82) is 0 Å². The van der Waals surface area contributed by atoms with Crippen LogP contribution in [-0.2, 0) is 10.0 Å². The molecule has 39 heavy (non-hydrogen) atoms. The predicted molar refractivity (Wildman–Crippen MR) is 151 cm³/mol. The summed E-state index contributed by atoms with van der Waals surface area (Å²) >= 11 is 0. The standard InChI is InChI=1S/C29H26N4O5S/c1-19-12-14-24(20(2)16-19)32-39(36,37)22-13-15-25(27(17-22)33(34)35)30-31-26-18-29(21-8-4-3-5-9-21)38-28-11-7-6-10-23(26)28/h3-17,29-30,32H,18H2,1-2H3/b31-26+/t29-/m0/s1. The van der Waals surface area contributed by atoms with Crippen molar-refractivity contribution in [2.24, 2.45) is 5.10 Å². The highest BCUT2D eigenvalue weighted by molar-refractivity contribution is 7.92. The second-order valence-corrected chi connectivity index (χ2v) is 10.9. The summed E-state index contributed by atoms with van der Waals surface area (Å²) in [6.45, 7) is 3.70. The molecule has 0 spiro atoms. The number of anilines is 2. The van der Waals surface area contributed by atoms with Crippen LogP contribution >= 0.6 is 0 Å². The number of rotatable bonds is 7. The van der Waals surface area contributed by atoms with Gasteiger partial charge >= 0.3 is 0 Å². The Bertz CT molecular complexity index is 1690. The first-order valence-corrected chi connectivity index (χ1v) is 13.7. The topological polar surface area (TPSA) is 123 Å². The van der Waals surface area contributed by atoms with E-state index in [9.17, 15) is 18.5 Å². The lowest BCUT2D eigenvalue weighted by Crippen LogP contribution is -2.22. The van der Waals surface area contributed by atoms with Crippen LogP contribution in [0.15, 0.2) is 101 Å². The van der Waals surface area contributed by atoms with Crippen molar-refractivity contribution in [1.82, 2.24) is 0 Å². The lowest BCUT2D eigenvalue weighted by Gasteiger charge is -2.27. The highest BCUT2D eigenvalue weighted by Crippen LogP contribution is 2.36. The number of benzene rings is 4. The summed E-state index contributed by atoms with van der Waals surface area (Å²) in [4.78, 5) is 11.1. The zero-order valence-electron chi connectivity index (χ0n) is 21.3. The van der Waals surface area contributed by atoms with Crippen LogP contribution in [0.2, 0.25) is 0 Å². The van der Waals surface area contributed by atoms with Crippen LogP contribution in [0.4, 0.5) is 17.1 Å². The summed E-state index contributed by atoms with van der Waals surface area (Å²) in [6.07, 6.45) is 0.161. The monoisotopic (exact) mass is 542 g/mol. The van der Waals surface area contributed by atoms with E-state index in [2.05, 4.69) is 15.2 Å². The number of fused-ring (bicyclic) bond motifs is 1. The molecule has 0 saturated carbocycles. The number of nitrogens with zero attached hydrogens (tertiary/aromatic N) is 2. The van der Waals surface area contributed by atoms with Gasteiger partial charge in [0.05, 0.1) is 21.2 Å². The van der Waals surface area contributed by atoms with Gasteiger partial charge in [0.2, 0.25) is 0 Å². The summed E-state index contributed by atoms with van der Waals surface area (Å²) in [7, 11) is -4.07. The third-order valence-corrected chi connectivity index (χ3v) is 7.79. The van der Waals surface area contributed by atoms with E-state index in [4.69, 9.17) is 4.74 Å². The van der Waals surface area contributed by atoms with Gasteiger partial charge < -0.3 is 4.74 Å². The lowest BCUT2D eigenvalue weighted by atomic mass is 9.96. The molecule has 0 radical (unpaired) electrons. The molecular formula is C29H26N4O5S. The number of nitro benzene ring substituents is 1. The van der Waals surface area contributed by atoms with E-state index in [0.29, 0.717) is 23.6 Å². The second-order valence-electron chi connectivity index (χ2n) is 9.25. The average molecular weight is 543 g/mol. The summed E-state index contributed by atoms with van der Waals surface area (Å²) in [5, 5.41) is 16.4. The molecule has 0 saturated heterocycles. The largest absolute Gasteiger partial charge is 0.485 e. The molecule has 4 aromatic rings. The first-order chi connectivity index (χ1) is 18.7. The molecule has 0 fully saturated rings. The molecule has 1 heterocycles. The second kappa shape index (κ2) is 10.6. The number of sulfonamides is 1. The van der Waals surface area contributed by atoms with Gasteiger partial charge in [-0.2, -0.15) is 5.10 Å². The Hall–Kier alpha value is -4.70. The van der Waals surface area contributed by atoms with Crippen LogP contribution in [0.3, 0.4) is 0 Å². The van der Waals surface area contributed by atoms with Crippen molar-refractivity contribution in [2.45, 2.75) is 31.3 Å². The van der Waals surface area contributed by atoms with E-state index in [-0.39, 0.29) is 16.7 Å². The lowest BCUT2D eigenvalue weighted by molar-refractivity contribution is -0.384. The predicted octanol–water partition coefficient (Wildman–Crippen LogP) is 6.35. The fourth-order valence-electron chi connectivity index (χ4n) is 4.43. The number of ether oxygens (including phenoxy) is 1. The van der Waals surface area contributed by atoms with Gasteiger partial charge in [-0.3, -0.25) is 20.3 Å². The number of para-hydroxylation sites is 1. The smallest absolute Gasteiger partial charge is 0.295 e. The minimum absolute atomic E-state index is 0.0678. The molecule has 0 aromatic heterocycles. The van der Waals surface area contributed by atoms with Crippen LogP contribution in [0.25, 0.3) is 0 Å². The third kappa shape index (κ3) is 5.60. The van der Waals surface area contributed by atoms with Gasteiger partial charge in [-0.1, -0.05) is 60.2 Å². The van der Waals surface area contributed by atoms with Crippen molar-refractivity contribution < 1.29 is 18.1 Å². The Kier molecular flexibility index (Phi) is 7.03. The minimum atomic E-state index is -4.07. The number of nitro groups is 1. The zero-order chi connectivity index (χ0) is 27.6. The molecule has 5 rings (SSSR count). The first-order valence-electron chi connectivity index (χ1n) is 12.2. The van der Waals surface area contributed by atoms with Gasteiger partial charge in [0.15, 0.2) is 0 Å². The molecule has 198 valence electrons. The number of hydrazone groups is 1. The molecule has 1 aliphatic heterocycles. The maximum atomic E-state index is 13.0. The van der Waals surface area contributed by atoms with E-state index in [1.54, 1.807) is 19.1 Å². The first kappa shape index (κ1) is 25.9. The van der Waals surface area contributed by atoms with E-state index in [0.717, 1.165) is 28.3 Å². The number of hydrogen-bond donors (Lipinski definition) is 2. The Balaban J connectivity index is 1.45. The molecule has 4 aromatic carbocycles. The van der Waals surface area contributed by atoms with E-state index >= 15 is 0 Å². The van der Waals surface area contributed by atoms with Gasteiger partial charge in [-0.05, 0) is 55.3 Å². The fourth-order valence-corrected chi connectivity index (χ4v) is 5.58. The summed E-state index contributed by atoms with van der Waals surface area (Å²) in [5.41, 5.74) is 7.01. The molecule has 1 atom stereocenters. The van der Waals surface area contributed by atoms with Crippen molar-refractivity contribution in [3.8, 4) is 5.75 Å².